The van der Waals surface area contributed by atoms with Gasteiger partial charge in [0.05, 0.1) is 18.0 Å². The second kappa shape index (κ2) is 7.97. The second-order valence-electron chi connectivity index (χ2n) is 7.61. The summed E-state index contributed by atoms with van der Waals surface area (Å²) in [4.78, 5) is 11.6. The van der Waals surface area contributed by atoms with Crippen molar-refractivity contribution in [3.63, 3.8) is 0 Å². The molecule has 1 aliphatic heterocycles. The van der Waals surface area contributed by atoms with Crippen LogP contribution in [0.5, 0.6) is 0 Å². The molecule has 150 valence electrons. The molecule has 5 N–H and O–H groups in total. The lowest BCUT2D eigenvalue weighted by molar-refractivity contribution is -0.234. The molecule has 0 aromatic heterocycles. The minimum Gasteiger partial charge on any atom is -0.388 e. The van der Waals surface area contributed by atoms with Gasteiger partial charge < -0.3 is 25.4 Å². The van der Waals surface area contributed by atoms with Gasteiger partial charge in [0.2, 0.25) is 10.0 Å². The Hall–Kier alpha value is -0.940. The van der Waals surface area contributed by atoms with E-state index >= 15 is 0 Å². The summed E-state index contributed by atoms with van der Waals surface area (Å²) in [6.07, 6.45) is -0.0795. The number of carbonyl (C=O) groups excluding carboxylic acids is 1. The average Bonchev–Trinajstić information content (AvgIpc) is 3.21. The zero-order valence-electron chi connectivity index (χ0n) is 14.6. The number of urea groups is 1. The van der Waals surface area contributed by atoms with Crippen molar-refractivity contribution in [2.45, 2.75) is 81.5 Å². The smallest absolute Gasteiger partial charge is 0.328 e. The van der Waals surface area contributed by atoms with Crippen LogP contribution in [-0.2, 0) is 14.8 Å². The number of sulfonamides is 1. The van der Waals surface area contributed by atoms with Crippen LogP contribution in [0.3, 0.4) is 0 Å². The van der Waals surface area contributed by atoms with E-state index in [0.29, 0.717) is 0 Å². The Balaban J connectivity index is 1.55. The van der Waals surface area contributed by atoms with E-state index in [1.54, 1.807) is 0 Å². The van der Waals surface area contributed by atoms with Gasteiger partial charge in [0.1, 0.15) is 18.3 Å². The topological polar surface area (TPSA) is 145 Å². The summed E-state index contributed by atoms with van der Waals surface area (Å²) in [5.74, 6) is -0.332. The molecule has 0 radical (unpaired) electrons. The summed E-state index contributed by atoms with van der Waals surface area (Å²) in [6, 6.07) is -0.714. The van der Waals surface area contributed by atoms with Crippen molar-refractivity contribution >= 4 is 16.1 Å². The molecule has 1 heterocycles. The van der Waals surface area contributed by atoms with E-state index in [1.165, 1.54) is 0 Å². The molecule has 26 heavy (non-hydrogen) atoms. The number of hydrogen-bond donors (Lipinski definition) is 5. The molecule has 3 fully saturated rings. The van der Waals surface area contributed by atoms with Crippen molar-refractivity contribution in [1.82, 2.24) is 10.0 Å². The third-order valence-electron chi connectivity index (χ3n) is 5.45. The second-order valence-corrected chi connectivity index (χ2v) is 9.45. The highest BCUT2D eigenvalue weighted by atomic mass is 32.2. The molecular formula is C16H28N2O7S. The fraction of sp³-hybridized carbons (Fsp3) is 0.938. The van der Waals surface area contributed by atoms with E-state index in [2.05, 4.69) is 5.32 Å². The molecule has 2 aliphatic carbocycles. The van der Waals surface area contributed by atoms with Gasteiger partial charge >= 0.3 is 6.03 Å². The van der Waals surface area contributed by atoms with E-state index in [0.717, 1.165) is 38.5 Å². The standard InChI is InChI=1S/C16H28N2O7S/c19-12-11(7-8-26(23,24)18-16(22)17-10-5-6-10)25-15(14(21)13(12)20)9-3-1-2-4-9/h9-15,19-21H,1-8H2,(H2,17,18,22)/t11-,12-,13+,14+,15?/m1/s1. The number of carbonyl (C=O) groups is 1. The number of hydrogen-bond acceptors (Lipinski definition) is 7. The fourth-order valence-electron chi connectivity index (χ4n) is 3.80. The van der Waals surface area contributed by atoms with Crippen LogP contribution in [0.15, 0.2) is 0 Å². The molecule has 2 saturated carbocycles. The maximum atomic E-state index is 12.1. The van der Waals surface area contributed by atoms with E-state index in [-0.39, 0.29) is 18.4 Å². The van der Waals surface area contributed by atoms with Gasteiger partial charge in [-0.2, -0.15) is 0 Å². The number of ether oxygens (including phenoxy) is 1. The van der Waals surface area contributed by atoms with Crippen LogP contribution in [0, 0.1) is 5.92 Å². The van der Waals surface area contributed by atoms with Crippen LogP contribution in [0.1, 0.15) is 44.9 Å². The molecule has 9 nitrogen and oxygen atoms in total. The molecule has 0 aromatic carbocycles. The van der Waals surface area contributed by atoms with E-state index in [9.17, 15) is 28.5 Å². The molecule has 0 spiro atoms. The van der Waals surface area contributed by atoms with Crippen molar-refractivity contribution in [3.8, 4) is 0 Å². The van der Waals surface area contributed by atoms with Gasteiger partial charge in [0.25, 0.3) is 0 Å². The van der Waals surface area contributed by atoms with E-state index in [1.807, 2.05) is 4.72 Å². The lowest BCUT2D eigenvalue weighted by Crippen LogP contribution is -2.59. The summed E-state index contributed by atoms with van der Waals surface area (Å²) in [6.45, 7) is 0. The Labute approximate surface area is 153 Å². The Morgan fingerprint density at radius 2 is 1.65 bits per heavy atom. The summed E-state index contributed by atoms with van der Waals surface area (Å²) in [7, 11) is -3.89. The minimum absolute atomic E-state index is 0.0394. The number of amides is 2. The number of rotatable bonds is 6. The molecule has 0 bridgehead atoms. The van der Waals surface area contributed by atoms with Gasteiger partial charge in [-0.25, -0.2) is 17.9 Å². The van der Waals surface area contributed by atoms with Crippen molar-refractivity contribution < 1.29 is 33.3 Å². The van der Waals surface area contributed by atoms with E-state index < -0.39 is 52.3 Å². The Kier molecular flexibility index (Phi) is 6.07. The first-order chi connectivity index (χ1) is 12.3. The molecule has 1 saturated heterocycles. The normalized spacial score (nSPS) is 36.0. The fourth-order valence-corrected chi connectivity index (χ4v) is 4.79. The molecular weight excluding hydrogens is 364 g/mol. The highest BCUT2D eigenvalue weighted by Crippen LogP contribution is 2.36. The molecule has 1 unspecified atom stereocenters. The maximum Gasteiger partial charge on any atom is 0.328 e. The SMILES string of the molecule is O=C(NC1CC1)NS(=O)(=O)CC[C@H]1OC(C2CCCC2)[C@@H](O)[C@@H](O)[C@@H]1O. The monoisotopic (exact) mass is 392 g/mol. The largest absolute Gasteiger partial charge is 0.388 e. The Morgan fingerprint density at radius 1 is 1.00 bits per heavy atom. The highest BCUT2D eigenvalue weighted by molar-refractivity contribution is 7.90. The molecule has 3 aliphatic rings. The summed E-state index contributed by atoms with van der Waals surface area (Å²) < 4.78 is 31.8. The van der Waals surface area contributed by atoms with Crippen LogP contribution < -0.4 is 10.0 Å². The number of nitrogens with one attached hydrogen (secondary N) is 2. The van der Waals surface area contributed by atoms with Crippen LogP contribution in [0.2, 0.25) is 0 Å². The zero-order chi connectivity index (χ0) is 18.9. The summed E-state index contributed by atoms with van der Waals surface area (Å²) >= 11 is 0. The van der Waals surface area contributed by atoms with Crippen molar-refractivity contribution in [2.75, 3.05) is 5.75 Å². The third kappa shape index (κ3) is 4.86. The molecule has 0 aromatic rings. The minimum atomic E-state index is -3.89. The quantitative estimate of drug-likeness (QED) is 0.398. The molecule has 3 rings (SSSR count). The third-order valence-corrected chi connectivity index (χ3v) is 6.72. The van der Waals surface area contributed by atoms with Crippen LogP contribution in [0.25, 0.3) is 0 Å². The van der Waals surface area contributed by atoms with Crippen LogP contribution in [-0.4, -0.2) is 72.1 Å². The highest BCUT2D eigenvalue weighted by Gasteiger charge is 2.46. The first kappa shape index (κ1) is 19.8. The maximum absolute atomic E-state index is 12.1. The Bertz CT molecular complexity index is 604. The molecule has 2 amide bonds. The van der Waals surface area contributed by atoms with Gasteiger partial charge in [-0.05, 0) is 38.0 Å². The lowest BCUT2D eigenvalue weighted by atomic mass is 9.86. The van der Waals surface area contributed by atoms with Crippen molar-refractivity contribution in [1.29, 1.82) is 0 Å². The van der Waals surface area contributed by atoms with Gasteiger partial charge in [-0.15, -0.1) is 0 Å². The van der Waals surface area contributed by atoms with Gasteiger partial charge in [0, 0.05) is 6.04 Å². The molecule has 5 atom stereocenters. The first-order valence-corrected chi connectivity index (χ1v) is 10.9. The van der Waals surface area contributed by atoms with Crippen LogP contribution >= 0.6 is 0 Å². The van der Waals surface area contributed by atoms with Gasteiger partial charge in [-0.3, -0.25) is 0 Å². The lowest BCUT2D eigenvalue weighted by Gasteiger charge is -2.43. The zero-order valence-corrected chi connectivity index (χ0v) is 15.4. The predicted octanol–water partition coefficient (Wildman–Crippen LogP) is -0.792. The summed E-state index contributed by atoms with van der Waals surface area (Å²) in [5, 5.41) is 33.0. The number of aliphatic hydroxyl groups is 3. The first-order valence-electron chi connectivity index (χ1n) is 9.27. The van der Waals surface area contributed by atoms with E-state index in [4.69, 9.17) is 4.74 Å². The van der Waals surface area contributed by atoms with Crippen LogP contribution in [0.4, 0.5) is 4.79 Å². The number of aliphatic hydroxyl groups excluding tert-OH is 3. The van der Waals surface area contributed by atoms with Gasteiger partial charge in [0.15, 0.2) is 0 Å². The predicted molar refractivity (Wildman–Crippen MR) is 91.7 cm³/mol. The van der Waals surface area contributed by atoms with Crippen molar-refractivity contribution in [2.24, 2.45) is 5.92 Å². The average molecular weight is 392 g/mol. The Morgan fingerprint density at radius 3 is 2.27 bits per heavy atom. The van der Waals surface area contributed by atoms with Crippen molar-refractivity contribution in [3.05, 3.63) is 0 Å². The summed E-state index contributed by atoms with van der Waals surface area (Å²) in [5.41, 5.74) is 0. The van der Waals surface area contributed by atoms with Gasteiger partial charge in [-0.1, -0.05) is 12.8 Å². The molecule has 10 heteroatoms.